The molecule has 0 aromatic heterocycles. The van der Waals surface area contributed by atoms with E-state index in [0.717, 1.165) is 18.0 Å². The molecule has 1 atom stereocenters. The van der Waals surface area contributed by atoms with Gasteiger partial charge in [0.15, 0.2) is 0 Å². The standard InChI is InChI=1S/C13H26N2/c1-11(2)7-8-14-12-4-3-9-15(10-12)13-5-6-13/h11-14H,3-10H2,1-2H3. The number of hydrogen-bond donors (Lipinski definition) is 1. The molecule has 0 amide bonds. The molecule has 2 nitrogen and oxygen atoms in total. The van der Waals surface area contributed by atoms with Crippen LogP contribution in [0.4, 0.5) is 0 Å². The molecule has 2 rings (SSSR count). The summed E-state index contributed by atoms with van der Waals surface area (Å²) >= 11 is 0. The molecule has 1 unspecified atom stereocenters. The number of likely N-dealkylation sites (tertiary alicyclic amines) is 1. The molecular weight excluding hydrogens is 184 g/mol. The fourth-order valence-electron chi connectivity index (χ4n) is 2.52. The molecule has 88 valence electrons. The van der Waals surface area contributed by atoms with Gasteiger partial charge < -0.3 is 5.32 Å². The fraction of sp³-hybridized carbons (Fsp3) is 1.00. The van der Waals surface area contributed by atoms with Crippen molar-refractivity contribution >= 4 is 0 Å². The minimum Gasteiger partial charge on any atom is -0.313 e. The predicted molar refractivity (Wildman–Crippen MR) is 65.1 cm³/mol. The summed E-state index contributed by atoms with van der Waals surface area (Å²) in [6.07, 6.45) is 7.02. The second-order valence-corrected chi connectivity index (χ2v) is 5.70. The summed E-state index contributed by atoms with van der Waals surface area (Å²) in [5, 5.41) is 3.72. The fourth-order valence-corrected chi connectivity index (χ4v) is 2.52. The Bertz CT molecular complexity index is 187. The number of piperidine rings is 1. The van der Waals surface area contributed by atoms with Crippen LogP contribution in [0.25, 0.3) is 0 Å². The van der Waals surface area contributed by atoms with E-state index < -0.39 is 0 Å². The summed E-state index contributed by atoms with van der Waals surface area (Å²) in [5.74, 6) is 0.834. The van der Waals surface area contributed by atoms with Crippen LogP contribution in [0, 0.1) is 5.92 Å². The first-order chi connectivity index (χ1) is 7.25. The Morgan fingerprint density at radius 1 is 1.27 bits per heavy atom. The van der Waals surface area contributed by atoms with Crippen molar-refractivity contribution in [1.29, 1.82) is 0 Å². The van der Waals surface area contributed by atoms with E-state index in [-0.39, 0.29) is 0 Å². The van der Waals surface area contributed by atoms with Crippen molar-refractivity contribution in [3.05, 3.63) is 0 Å². The van der Waals surface area contributed by atoms with Crippen molar-refractivity contribution in [2.24, 2.45) is 5.92 Å². The van der Waals surface area contributed by atoms with Gasteiger partial charge in [0.05, 0.1) is 0 Å². The number of nitrogens with zero attached hydrogens (tertiary/aromatic N) is 1. The molecule has 0 aromatic carbocycles. The smallest absolute Gasteiger partial charge is 0.0195 e. The average Bonchev–Trinajstić information content (AvgIpc) is 3.01. The van der Waals surface area contributed by atoms with Crippen LogP contribution in [0.5, 0.6) is 0 Å². The molecule has 1 saturated heterocycles. The first-order valence-corrected chi connectivity index (χ1v) is 6.73. The zero-order valence-corrected chi connectivity index (χ0v) is 10.3. The lowest BCUT2D eigenvalue weighted by atomic mass is 10.0. The highest BCUT2D eigenvalue weighted by Crippen LogP contribution is 2.29. The van der Waals surface area contributed by atoms with Crippen molar-refractivity contribution in [2.75, 3.05) is 19.6 Å². The normalized spacial score (nSPS) is 28.6. The van der Waals surface area contributed by atoms with E-state index >= 15 is 0 Å². The topological polar surface area (TPSA) is 15.3 Å². The maximum atomic E-state index is 3.72. The van der Waals surface area contributed by atoms with Crippen molar-refractivity contribution in [2.45, 2.75) is 58.0 Å². The summed E-state index contributed by atoms with van der Waals surface area (Å²) in [7, 11) is 0. The Morgan fingerprint density at radius 3 is 2.73 bits per heavy atom. The highest BCUT2D eigenvalue weighted by Gasteiger charge is 2.32. The lowest BCUT2D eigenvalue weighted by Gasteiger charge is -2.33. The van der Waals surface area contributed by atoms with E-state index in [1.165, 1.54) is 51.7 Å². The van der Waals surface area contributed by atoms with Gasteiger partial charge in [-0.2, -0.15) is 0 Å². The van der Waals surface area contributed by atoms with Gasteiger partial charge in [-0.05, 0) is 51.1 Å². The number of nitrogens with one attached hydrogen (secondary N) is 1. The SMILES string of the molecule is CC(C)CCNC1CCCN(C2CC2)C1. The van der Waals surface area contributed by atoms with Gasteiger partial charge in [0.1, 0.15) is 0 Å². The Balaban J connectivity index is 1.63. The van der Waals surface area contributed by atoms with E-state index in [0.29, 0.717) is 0 Å². The first kappa shape index (κ1) is 11.4. The van der Waals surface area contributed by atoms with Gasteiger partial charge in [0.25, 0.3) is 0 Å². The molecule has 2 heteroatoms. The van der Waals surface area contributed by atoms with Crippen LogP contribution in [0.15, 0.2) is 0 Å². The van der Waals surface area contributed by atoms with E-state index in [1.54, 1.807) is 0 Å². The van der Waals surface area contributed by atoms with Crippen LogP contribution in [0.2, 0.25) is 0 Å². The Morgan fingerprint density at radius 2 is 2.07 bits per heavy atom. The molecule has 0 aromatic rings. The van der Waals surface area contributed by atoms with Crippen LogP contribution < -0.4 is 5.32 Å². The highest BCUT2D eigenvalue weighted by molar-refractivity contribution is 4.89. The Kier molecular flexibility index (Phi) is 4.04. The van der Waals surface area contributed by atoms with Crippen LogP contribution in [0.3, 0.4) is 0 Å². The molecule has 1 aliphatic carbocycles. The molecule has 0 spiro atoms. The molecule has 15 heavy (non-hydrogen) atoms. The van der Waals surface area contributed by atoms with Gasteiger partial charge in [-0.3, -0.25) is 4.90 Å². The molecule has 0 radical (unpaired) electrons. The third kappa shape index (κ3) is 3.76. The molecular formula is C13H26N2. The minimum atomic E-state index is 0.776. The quantitative estimate of drug-likeness (QED) is 0.749. The molecule has 1 heterocycles. The second-order valence-electron chi connectivity index (χ2n) is 5.70. The molecule has 0 bridgehead atoms. The Hall–Kier alpha value is -0.0800. The summed E-state index contributed by atoms with van der Waals surface area (Å²) in [6.45, 7) is 8.48. The van der Waals surface area contributed by atoms with Crippen LogP contribution in [0.1, 0.15) is 46.0 Å². The second kappa shape index (κ2) is 5.31. The zero-order chi connectivity index (χ0) is 10.7. The predicted octanol–water partition coefficient (Wildman–Crippen LogP) is 2.25. The summed E-state index contributed by atoms with van der Waals surface area (Å²) in [4.78, 5) is 2.70. The molecule has 1 aliphatic heterocycles. The first-order valence-electron chi connectivity index (χ1n) is 6.73. The highest BCUT2D eigenvalue weighted by atomic mass is 15.2. The van der Waals surface area contributed by atoms with Gasteiger partial charge in [-0.25, -0.2) is 0 Å². The third-order valence-corrected chi connectivity index (χ3v) is 3.67. The monoisotopic (exact) mass is 210 g/mol. The van der Waals surface area contributed by atoms with Gasteiger partial charge in [0.2, 0.25) is 0 Å². The van der Waals surface area contributed by atoms with E-state index in [4.69, 9.17) is 0 Å². The van der Waals surface area contributed by atoms with E-state index in [9.17, 15) is 0 Å². The Labute approximate surface area is 94.4 Å². The van der Waals surface area contributed by atoms with Crippen molar-refractivity contribution in [3.8, 4) is 0 Å². The molecule has 2 aliphatic rings. The van der Waals surface area contributed by atoms with Crippen LogP contribution in [-0.2, 0) is 0 Å². The third-order valence-electron chi connectivity index (χ3n) is 3.67. The van der Waals surface area contributed by atoms with E-state index in [2.05, 4.69) is 24.1 Å². The van der Waals surface area contributed by atoms with Gasteiger partial charge in [-0.15, -0.1) is 0 Å². The lowest BCUT2D eigenvalue weighted by molar-refractivity contribution is 0.181. The number of hydrogen-bond acceptors (Lipinski definition) is 2. The minimum absolute atomic E-state index is 0.776. The lowest BCUT2D eigenvalue weighted by Crippen LogP contribution is -2.46. The van der Waals surface area contributed by atoms with Crippen molar-refractivity contribution in [1.82, 2.24) is 10.2 Å². The van der Waals surface area contributed by atoms with Gasteiger partial charge >= 0.3 is 0 Å². The van der Waals surface area contributed by atoms with Crippen molar-refractivity contribution in [3.63, 3.8) is 0 Å². The summed E-state index contributed by atoms with van der Waals surface area (Å²) < 4.78 is 0. The molecule has 1 N–H and O–H groups in total. The largest absolute Gasteiger partial charge is 0.313 e. The van der Waals surface area contributed by atoms with Crippen molar-refractivity contribution < 1.29 is 0 Å². The van der Waals surface area contributed by atoms with Crippen LogP contribution >= 0.6 is 0 Å². The maximum absolute atomic E-state index is 3.72. The summed E-state index contributed by atoms with van der Waals surface area (Å²) in [5.41, 5.74) is 0. The zero-order valence-electron chi connectivity index (χ0n) is 10.3. The summed E-state index contributed by atoms with van der Waals surface area (Å²) in [6, 6.07) is 1.73. The molecule has 1 saturated carbocycles. The number of rotatable bonds is 5. The average molecular weight is 210 g/mol. The molecule has 2 fully saturated rings. The van der Waals surface area contributed by atoms with E-state index in [1.807, 2.05) is 0 Å². The van der Waals surface area contributed by atoms with Crippen LogP contribution in [-0.4, -0.2) is 36.6 Å². The maximum Gasteiger partial charge on any atom is 0.0195 e. The van der Waals surface area contributed by atoms with Gasteiger partial charge in [0, 0.05) is 18.6 Å². The van der Waals surface area contributed by atoms with Gasteiger partial charge in [-0.1, -0.05) is 13.8 Å².